The van der Waals surface area contributed by atoms with Crippen molar-refractivity contribution in [3.05, 3.63) is 0 Å². The van der Waals surface area contributed by atoms with Crippen LogP contribution in [0, 0.1) is 5.92 Å². The van der Waals surface area contributed by atoms with Crippen molar-refractivity contribution in [2.45, 2.75) is 64.2 Å². The summed E-state index contributed by atoms with van der Waals surface area (Å²) in [4.78, 5) is 24.9. The summed E-state index contributed by atoms with van der Waals surface area (Å²) in [5.74, 6) is -0.794. The van der Waals surface area contributed by atoms with Crippen molar-refractivity contribution in [1.29, 1.82) is 0 Å². The van der Waals surface area contributed by atoms with Crippen LogP contribution in [0.1, 0.15) is 46.5 Å². The molecule has 21 heavy (non-hydrogen) atoms. The van der Waals surface area contributed by atoms with Gasteiger partial charge in [-0.1, -0.05) is 0 Å². The summed E-state index contributed by atoms with van der Waals surface area (Å²) in [6.07, 6.45) is 3.07. The van der Waals surface area contributed by atoms with Crippen molar-refractivity contribution in [3.63, 3.8) is 0 Å². The molecule has 0 bridgehead atoms. The number of carboxylic acids is 1. The van der Waals surface area contributed by atoms with Crippen LogP contribution in [0.3, 0.4) is 0 Å². The maximum absolute atomic E-state index is 12.2. The molecule has 1 N–H and O–H groups in total. The molecule has 0 aromatic heterocycles. The van der Waals surface area contributed by atoms with E-state index in [1.165, 1.54) is 4.90 Å². The predicted molar refractivity (Wildman–Crippen MR) is 76.1 cm³/mol. The second kappa shape index (κ2) is 6.22. The highest BCUT2D eigenvalue weighted by atomic mass is 16.6. The van der Waals surface area contributed by atoms with Gasteiger partial charge in [0, 0.05) is 13.2 Å². The number of aliphatic carboxylic acids is 1. The van der Waals surface area contributed by atoms with Gasteiger partial charge >= 0.3 is 12.1 Å². The Morgan fingerprint density at radius 3 is 2.62 bits per heavy atom. The van der Waals surface area contributed by atoms with Gasteiger partial charge in [0.2, 0.25) is 0 Å². The van der Waals surface area contributed by atoms with Gasteiger partial charge < -0.3 is 14.6 Å². The number of ether oxygens (including phenoxy) is 2. The number of likely N-dealkylation sites (tertiary alicyclic amines) is 1. The van der Waals surface area contributed by atoms with E-state index < -0.39 is 23.7 Å². The van der Waals surface area contributed by atoms with Crippen molar-refractivity contribution in [2.75, 3.05) is 13.2 Å². The largest absolute Gasteiger partial charge is 0.480 e. The summed E-state index contributed by atoms with van der Waals surface area (Å²) in [6, 6.07) is -0.786. The lowest BCUT2D eigenvalue weighted by Crippen LogP contribution is -2.43. The Bertz CT molecular complexity index is 397. The molecule has 2 heterocycles. The maximum atomic E-state index is 12.2. The van der Waals surface area contributed by atoms with E-state index >= 15 is 0 Å². The molecule has 1 amide bonds. The second-order valence-corrected chi connectivity index (χ2v) is 6.96. The number of nitrogens with zero attached hydrogens (tertiary/aromatic N) is 1. The van der Waals surface area contributed by atoms with E-state index in [0.29, 0.717) is 13.0 Å². The van der Waals surface area contributed by atoms with Crippen LogP contribution in [0.4, 0.5) is 4.79 Å². The number of rotatable bonds is 3. The molecule has 0 radical (unpaired) electrons. The van der Waals surface area contributed by atoms with E-state index in [9.17, 15) is 14.7 Å². The third-order valence-corrected chi connectivity index (χ3v) is 3.92. The van der Waals surface area contributed by atoms with E-state index in [-0.39, 0.29) is 12.0 Å². The Labute approximate surface area is 125 Å². The van der Waals surface area contributed by atoms with Gasteiger partial charge in [0.25, 0.3) is 0 Å². The highest BCUT2D eigenvalue weighted by Gasteiger charge is 2.42. The average Bonchev–Trinajstić information content (AvgIpc) is 2.96. The summed E-state index contributed by atoms with van der Waals surface area (Å²) < 4.78 is 10.9. The molecule has 2 saturated heterocycles. The normalized spacial score (nSPS) is 29.7. The maximum Gasteiger partial charge on any atom is 0.411 e. The highest BCUT2D eigenvalue weighted by Crippen LogP contribution is 2.31. The Morgan fingerprint density at radius 2 is 2.10 bits per heavy atom. The molecule has 3 unspecified atom stereocenters. The van der Waals surface area contributed by atoms with Crippen LogP contribution in [0.15, 0.2) is 0 Å². The van der Waals surface area contributed by atoms with Crippen LogP contribution in [0.25, 0.3) is 0 Å². The number of carbonyl (C=O) groups is 2. The minimum absolute atomic E-state index is 0.168. The zero-order valence-electron chi connectivity index (χ0n) is 13.0. The lowest BCUT2D eigenvalue weighted by Gasteiger charge is -2.26. The van der Waals surface area contributed by atoms with E-state index in [4.69, 9.17) is 9.47 Å². The quantitative estimate of drug-likeness (QED) is 0.865. The highest BCUT2D eigenvalue weighted by molar-refractivity contribution is 5.81. The molecular formula is C15H25NO5. The molecule has 0 saturated carbocycles. The van der Waals surface area contributed by atoms with Crippen LogP contribution < -0.4 is 0 Å². The molecule has 0 aromatic rings. The number of amides is 1. The second-order valence-electron chi connectivity index (χ2n) is 6.96. The molecule has 3 atom stereocenters. The summed E-state index contributed by atoms with van der Waals surface area (Å²) >= 11 is 0. The van der Waals surface area contributed by atoms with Gasteiger partial charge in [0.15, 0.2) is 0 Å². The average molecular weight is 299 g/mol. The third-order valence-electron chi connectivity index (χ3n) is 3.92. The summed E-state index contributed by atoms with van der Waals surface area (Å²) in [5, 5.41) is 9.33. The van der Waals surface area contributed by atoms with E-state index in [1.54, 1.807) is 20.8 Å². The van der Waals surface area contributed by atoms with Crippen LogP contribution in [-0.2, 0) is 14.3 Å². The van der Waals surface area contributed by atoms with Crippen LogP contribution in [-0.4, -0.2) is 53.0 Å². The number of carbonyl (C=O) groups excluding carboxylic acids is 1. The molecule has 120 valence electrons. The minimum Gasteiger partial charge on any atom is -0.480 e. The van der Waals surface area contributed by atoms with E-state index in [2.05, 4.69) is 0 Å². The fraction of sp³-hybridized carbons (Fsp3) is 0.867. The SMILES string of the molecule is CC(C)(C)OC(=O)N1CC(CC2CCCO2)CC1C(=O)O. The van der Waals surface area contributed by atoms with E-state index in [0.717, 1.165) is 25.9 Å². The smallest absolute Gasteiger partial charge is 0.411 e. The van der Waals surface area contributed by atoms with Crippen molar-refractivity contribution in [3.8, 4) is 0 Å². The van der Waals surface area contributed by atoms with Gasteiger partial charge in [-0.25, -0.2) is 9.59 Å². The Morgan fingerprint density at radius 1 is 1.38 bits per heavy atom. The lowest BCUT2D eigenvalue weighted by atomic mass is 9.97. The molecular weight excluding hydrogens is 274 g/mol. The van der Waals surface area contributed by atoms with Crippen LogP contribution in [0.5, 0.6) is 0 Å². The summed E-state index contributed by atoms with van der Waals surface area (Å²) in [5.41, 5.74) is -0.618. The Hall–Kier alpha value is -1.30. The first-order valence-corrected chi connectivity index (χ1v) is 7.60. The predicted octanol–water partition coefficient (Wildman–Crippen LogP) is 2.27. The summed E-state index contributed by atoms with van der Waals surface area (Å²) in [6.45, 7) is 6.56. The molecule has 0 aliphatic carbocycles. The van der Waals surface area contributed by atoms with Crippen LogP contribution in [0.2, 0.25) is 0 Å². The molecule has 2 aliphatic rings. The van der Waals surface area contributed by atoms with Crippen molar-refractivity contribution >= 4 is 12.1 Å². The summed E-state index contributed by atoms with van der Waals surface area (Å²) in [7, 11) is 0. The van der Waals surface area contributed by atoms with Crippen molar-refractivity contribution in [2.24, 2.45) is 5.92 Å². The van der Waals surface area contributed by atoms with Gasteiger partial charge in [-0.05, 0) is 52.4 Å². The monoisotopic (exact) mass is 299 g/mol. The van der Waals surface area contributed by atoms with Crippen molar-refractivity contribution in [1.82, 2.24) is 4.90 Å². The fourth-order valence-electron chi connectivity index (χ4n) is 3.05. The van der Waals surface area contributed by atoms with Gasteiger partial charge in [-0.15, -0.1) is 0 Å². The van der Waals surface area contributed by atoms with Gasteiger partial charge in [0.05, 0.1) is 6.10 Å². The first-order chi connectivity index (χ1) is 9.76. The minimum atomic E-state index is -0.962. The molecule has 2 aliphatic heterocycles. The standard InChI is InChI=1S/C15H25NO5/c1-15(2,3)21-14(19)16-9-10(8-12(16)13(17)18)7-11-5-4-6-20-11/h10-12H,4-9H2,1-3H3,(H,17,18). The number of carboxylic acid groups (broad SMARTS) is 1. The zero-order valence-corrected chi connectivity index (χ0v) is 13.0. The Kier molecular flexibility index (Phi) is 4.76. The first kappa shape index (κ1) is 16.1. The molecule has 6 heteroatoms. The number of hydrogen-bond acceptors (Lipinski definition) is 4. The van der Waals surface area contributed by atoms with E-state index in [1.807, 2.05) is 0 Å². The zero-order chi connectivity index (χ0) is 15.6. The third kappa shape index (κ3) is 4.33. The first-order valence-electron chi connectivity index (χ1n) is 7.60. The van der Waals surface area contributed by atoms with Crippen LogP contribution >= 0.6 is 0 Å². The molecule has 0 spiro atoms. The fourth-order valence-corrected chi connectivity index (χ4v) is 3.05. The van der Waals surface area contributed by atoms with Gasteiger partial charge in [0.1, 0.15) is 11.6 Å². The van der Waals surface area contributed by atoms with Gasteiger partial charge in [-0.2, -0.15) is 0 Å². The topological polar surface area (TPSA) is 76.1 Å². The molecule has 2 rings (SSSR count). The lowest BCUT2D eigenvalue weighted by molar-refractivity contribution is -0.142. The number of hydrogen-bond donors (Lipinski definition) is 1. The Balaban J connectivity index is 1.97. The molecule has 6 nitrogen and oxygen atoms in total. The molecule has 0 aromatic carbocycles. The van der Waals surface area contributed by atoms with Crippen molar-refractivity contribution < 1.29 is 24.2 Å². The molecule has 2 fully saturated rings. The van der Waals surface area contributed by atoms with Gasteiger partial charge in [-0.3, -0.25) is 4.90 Å².